The third kappa shape index (κ3) is 4.05. The second kappa shape index (κ2) is 7.41. The number of thioether (sulfide) groups is 1. The zero-order valence-corrected chi connectivity index (χ0v) is 16.3. The predicted molar refractivity (Wildman–Crippen MR) is 103 cm³/mol. The highest BCUT2D eigenvalue weighted by Crippen LogP contribution is 2.30. The van der Waals surface area contributed by atoms with E-state index in [0.29, 0.717) is 22.8 Å². The van der Waals surface area contributed by atoms with E-state index in [1.165, 1.54) is 48.2 Å². The van der Waals surface area contributed by atoms with Gasteiger partial charge in [0, 0.05) is 12.1 Å². The molecule has 0 radical (unpaired) electrons. The summed E-state index contributed by atoms with van der Waals surface area (Å²) >= 11 is 1.27. The van der Waals surface area contributed by atoms with Crippen molar-refractivity contribution in [2.75, 3.05) is 0 Å². The highest BCUT2D eigenvalue weighted by molar-refractivity contribution is 8.00. The molecule has 1 aromatic heterocycles. The summed E-state index contributed by atoms with van der Waals surface area (Å²) in [5.74, 6) is -0.537. The van der Waals surface area contributed by atoms with E-state index in [4.69, 9.17) is 5.14 Å². The van der Waals surface area contributed by atoms with Crippen molar-refractivity contribution in [2.24, 2.45) is 5.14 Å². The van der Waals surface area contributed by atoms with Crippen molar-refractivity contribution in [3.05, 3.63) is 53.8 Å². The van der Waals surface area contributed by atoms with Gasteiger partial charge in [-0.2, -0.15) is 0 Å². The first-order chi connectivity index (χ1) is 12.7. The first kappa shape index (κ1) is 19.5. The lowest BCUT2D eigenvalue weighted by atomic mass is 10.1. The van der Waals surface area contributed by atoms with Crippen molar-refractivity contribution < 1.29 is 17.6 Å². The minimum Gasteiger partial charge on any atom is -0.319 e. The van der Waals surface area contributed by atoms with Crippen LogP contribution in [-0.4, -0.2) is 29.0 Å². The van der Waals surface area contributed by atoms with Crippen LogP contribution in [0.15, 0.2) is 52.5 Å². The van der Waals surface area contributed by atoms with Crippen LogP contribution in [0.3, 0.4) is 0 Å². The molecule has 9 heteroatoms. The van der Waals surface area contributed by atoms with Gasteiger partial charge in [-0.25, -0.2) is 22.9 Å². The molecule has 6 nitrogen and oxygen atoms in total. The van der Waals surface area contributed by atoms with Crippen LogP contribution in [0, 0.1) is 5.82 Å². The van der Waals surface area contributed by atoms with Gasteiger partial charge < -0.3 is 4.57 Å². The molecule has 27 heavy (non-hydrogen) atoms. The molecule has 0 saturated heterocycles. The molecule has 2 N–H and O–H groups in total. The van der Waals surface area contributed by atoms with Crippen LogP contribution in [-0.2, 0) is 16.6 Å². The van der Waals surface area contributed by atoms with E-state index in [0.717, 1.165) is 5.52 Å². The lowest BCUT2D eigenvalue weighted by molar-refractivity contribution is 0.0993. The van der Waals surface area contributed by atoms with Gasteiger partial charge in [-0.15, -0.1) is 0 Å². The van der Waals surface area contributed by atoms with E-state index >= 15 is 0 Å². The minimum absolute atomic E-state index is 0.0114. The molecule has 0 amide bonds. The molecule has 0 bridgehead atoms. The number of aromatic nitrogens is 2. The average molecular weight is 407 g/mol. The number of carbonyl (C=O) groups excluding carboxylic acids is 1. The number of rotatable bonds is 6. The number of benzene rings is 2. The van der Waals surface area contributed by atoms with E-state index in [1.807, 2.05) is 11.5 Å². The molecule has 0 fully saturated rings. The Balaban J connectivity index is 1.93. The molecule has 142 valence electrons. The molecule has 3 rings (SSSR count). The van der Waals surface area contributed by atoms with Crippen LogP contribution < -0.4 is 5.14 Å². The Morgan fingerprint density at radius 2 is 1.93 bits per heavy atom. The monoisotopic (exact) mass is 407 g/mol. The normalized spacial score (nSPS) is 13.0. The molecule has 3 aromatic rings. The van der Waals surface area contributed by atoms with Gasteiger partial charge in [-0.05, 0) is 56.3 Å². The number of fused-ring (bicyclic) bond motifs is 1. The number of imidazole rings is 1. The van der Waals surface area contributed by atoms with Crippen LogP contribution in [0.2, 0.25) is 0 Å². The number of hydrogen-bond donors (Lipinski definition) is 1. The summed E-state index contributed by atoms with van der Waals surface area (Å²) < 4.78 is 38.1. The summed E-state index contributed by atoms with van der Waals surface area (Å²) in [6, 6.07) is 9.93. The van der Waals surface area contributed by atoms with Gasteiger partial charge in [0.05, 0.1) is 21.2 Å². The number of aryl methyl sites for hydroxylation is 1. The van der Waals surface area contributed by atoms with E-state index in [1.54, 1.807) is 13.0 Å². The Morgan fingerprint density at radius 1 is 1.26 bits per heavy atom. The first-order valence-electron chi connectivity index (χ1n) is 8.20. The topological polar surface area (TPSA) is 95.0 Å². The number of ketones is 1. The van der Waals surface area contributed by atoms with Crippen LogP contribution in [0.1, 0.15) is 24.2 Å². The predicted octanol–water partition coefficient (Wildman–Crippen LogP) is 3.21. The van der Waals surface area contributed by atoms with Gasteiger partial charge in [0.25, 0.3) is 0 Å². The van der Waals surface area contributed by atoms with E-state index in [2.05, 4.69) is 4.98 Å². The largest absolute Gasteiger partial charge is 0.319 e. The summed E-state index contributed by atoms with van der Waals surface area (Å²) in [6.45, 7) is 4.29. The van der Waals surface area contributed by atoms with Crippen LogP contribution in [0.25, 0.3) is 11.0 Å². The van der Waals surface area contributed by atoms with Gasteiger partial charge in [0.1, 0.15) is 5.82 Å². The number of hydrogen-bond acceptors (Lipinski definition) is 5. The summed E-state index contributed by atoms with van der Waals surface area (Å²) in [4.78, 5) is 17.1. The molecule has 2 aromatic carbocycles. The second-order valence-electron chi connectivity index (χ2n) is 5.97. The smallest absolute Gasteiger partial charge is 0.238 e. The molecule has 0 aliphatic rings. The lowest BCUT2D eigenvalue weighted by Crippen LogP contribution is -2.14. The lowest BCUT2D eigenvalue weighted by Gasteiger charge is -2.11. The highest BCUT2D eigenvalue weighted by Gasteiger charge is 2.21. The number of primary sulfonamides is 1. The quantitative estimate of drug-likeness (QED) is 0.500. The van der Waals surface area contributed by atoms with Gasteiger partial charge in [0.15, 0.2) is 10.9 Å². The number of sulfonamides is 1. The maximum atomic E-state index is 13.0. The van der Waals surface area contributed by atoms with Crippen molar-refractivity contribution in [3.63, 3.8) is 0 Å². The molecular formula is C18H18FN3O3S2. The SMILES string of the molecule is CCn1c(SC(C)C(=O)c2ccc(F)cc2)nc2cc(S(N)(=O)=O)ccc21. The highest BCUT2D eigenvalue weighted by atomic mass is 32.2. The molecule has 1 heterocycles. The third-order valence-electron chi connectivity index (χ3n) is 4.11. The zero-order valence-electron chi connectivity index (χ0n) is 14.7. The molecule has 0 aliphatic heterocycles. The van der Waals surface area contributed by atoms with Gasteiger partial charge in [-0.1, -0.05) is 11.8 Å². The van der Waals surface area contributed by atoms with Gasteiger partial charge in [-0.3, -0.25) is 4.79 Å². The third-order valence-corrected chi connectivity index (χ3v) is 6.11. The van der Waals surface area contributed by atoms with E-state index in [-0.39, 0.29) is 10.7 Å². The van der Waals surface area contributed by atoms with Crippen molar-refractivity contribution in [1.29, 1.82) is 0 Å². The first-order valence-corrected chi connectivity index (χ1v) is 10.6. The average Bonchev–Trinajstić information content (AvgIpc) is 2.97. The number of nitrogens with zero attached hydrogens (tertiary/aromatic N) is 2. The van der Waals surface area contributed by atoms with Crippen LogP contribution in [0.5, 0.6) is 0 Å². The fourth-order valence-electron chi connectivity index (χ4n) is 2.72. The van der Waals surface area contributed by atoms with Crippen molar-refractivity contribution in [3.8, 4) is 0 Å². The van der Waals surface area contributed by atoms with Crippen LogP contribution in [0.4, 0.5) is 4.39 Å². The number of carbonyl (C=O) groups is 1. The van der Waals surface area contributed by atoms with Crippen molar-refractivity contribution >= 4 is 38.6 Å². The standard InChI is InChI=1S/C18H18FN3O3S2/c1-3-22-16-9-8-14(27(20,24)25)10-15(16)21-18(22)26-11(2)17(23)12-4-6-13(19)7-5-12/h4-11H,3H2,1-2H3,(H2,20,24,25). The van der Waals surface area contributed by atoms with Crippen LogP contribution >= 0.6 is 11.8 Å². The molecule has 0 saturated carbocycles. The Kier molecular flexibility index (Phi) is 5.36. The molecule has 0 aliphatic carbocycles. The fourth-order valence-corrected chi connectivity index (χ4v) is 4.32. The van der Waals surface area contributed by atoms with E-state index in [9.17, 15) is 17.6 Å². The Bertz CT molecular complexity index is 1110. The molecule has 1 unspecified atom stereocenters. The number of halogens is 1. The maximum Gasteiger partial charge on any atom is 0.238 e. The summed E-state index contributed by atoms with van der Waals surface area (Å²) in [5, 5.41) is 5.33. The van der Waals surface area contributed by atoms with Gasteiger partial charge >= 0.3 is 0 Å². The van der Waals surface area contributed by atoms with Crippen molar-refractivity contribution in [2.45, 2.75) is 35.7 Å². The zero-order chi connectivity index (χ0) is 19.8. The molecule has 0 spiro atoms. The summed E-state index contributed by atoms with van der Waals surface area (Å²) in [5.41, 5.74) is 1.67. The number of nitrogens with two attached hydrogens (primary N) is 1. The van der Waals surface area contributed by atoms with Gasteiger partial charge in [0.2, 0.25) is 10.0 Å². The summed E-state index contributed by atoms with van der Waals surface area (Å²) in [6.07, 6.45) is 0. The summed E-state index contributed by atoms with van der Waals surface area (Å²) in [7, 11) is -3.82. The Morgan fingerprint density at radius 3 is 2.52 bits per heavy atom. The fraction of sp³-hybridized carbons (Fsp3) is 0.222. The molecular weight excluding hydrogens is 389 g/mol. The molecule has 1 atom stereocenters. The second-order valence-corrected chi connectivity index (χ2v) is 8.83. The van der Waals surface area contributed by atoms with Crippen molar-refractivity contribution in [1.82, 2.24) is 9.55 Å². The maximum absolute atomic E-state index is 13.0. The Labute approximate surface area is 160 Å². The number of Topliss-reactive ketones (excluding diaryl/α,β-unsaturated/α-hetero) is 1. The van der Waals surface area contributed by atoms with E-state index < -0.39 is 21.1 Å². The minimum atomic E-state index is -3.82. The Hall–Kier alpha value is -2.23.